The number of nitrogens with two attached hydrogens (primary N) is 1. The number of fused-ring (bicyclic) bond motifs is 1. The molecule has 0 amide bonds. The van der Waals surface area contributed by atoms with Crippen LogP contribution in [0.5, 0.6) is 5.75 Å². The molecule has 0 saturated carbocycles. The minimum Gasteiger partial charge on any atom is -0.488 e. The Bertz CT molecular complexity index is 1090. The lowest BCUT2D eigenvalue weighted by Gasteiger charge is -2.10. The summed E-state index contributed by atoms with van der Waals surface area (Å²) in [6, 6.07) is 18.1. The van der Waals surface area contributed by atoms with Crippen molar-refractivity contribution in [2.75, 3.05) is 17.6 Å². The van der Waals surface area contributed by atoms with Crippen LogP contribution < -0.4 is 15.8 Å². The molecule has 2 aromatic carbocycles. The maximum atomic E-state index is 5.94. The number of ether oxygens (including phenoxy) is 1. The summed E-state index contributed by atoms with van der Waals surface area (Å²) < 4.78 is 5.94. The van der Waals surface area contributed by atoms with Crippen LogP contribution in [0.4, 0.5) is 11.5 Å². The Morgan fingerprint density at radius 2 is 2.00 bits per heavy atom. The molecule has 4 rings (SSSR count). The minimum atomic E-state index is 0.606. The topological polar surface area (TPSA) is 73.1 Å². The van der Waals surface area contributed by atoms with E-state index >= 15 is 0 Å². The molecule has 0 radical (unpaired) electrons. The summed E-state index contributed by atoms with van der Waals surface area (Å²) in [6.45, 7) is 3.47. The lowest BCUT2D eigenvalue weighted by molar-refractivity contribution is 0.309. The fourth-order valence-electron chi connectivity index (χ4n) is 3.05. The summed E-state index contributed by atoms with van der Waals surface area (Å²) in [5.41, 5.74) is 8.70. The first-order valence-corrected chi connectivity index (χ1v) is 10.0. The van der Waals surface area contributed by atoms with Crippen molar-refractivity contribution in [2.45, 2.75) is 20.0 Å². The van der Waals surface area contributed by atoms with Crippen LogP contribution in [0.3, 0.4) is 0 Å². The monoisotopic (exact) mass is 390 g/mol. The third kappa shape index (κ3) is 4.40. The first-order chi connectivity index (χ1) is 13.7. The van der Waals surface area contributed by atoms with Gasteiger partial charge >= 0.3 is 0 Å². The normalized spacial score (nSPS) is 10.9. The van der Waals surface area contributed by atoms with Crippen LogP contribution in [0.15, 0.2) is 60.9 Å². The van der Waals surface area contributed by atoms with Gasteiger partial charge in [0, 0.05) is 27.4 Å². The molecule has 0 aliphatic heterocycles. The maximum absolute atomic E-state index is 5.94. The van der Waals surface area contributed by atoms with Gasteiger partial charge in [0.2, 0.25) is 0 Å². The molecule has 0 atom stereocenters. The zero-order chi connectivity index (χ0) is 19.3. The van der Waals surface area contributed by atoms with Gasteiger partial charge in [0.1, 0.15) is 24.5 Å². The standard InChI is InChI=1S/C22H22N4OS/c1-15-5-7-19(28-15)13-27-18-4-2-3-16(11-18)9-10-24-22-20-12-17(23)6-8-21(20)25-14-26-22/h2-8,11-12,14H,9-10,13,23H2,1H3,(H,24,25,26). The summed E-state index contributed by atoms with van der Waals surface area (Å²) in [4.78, 5) is 11.2. The van der Waals surface area contributed by atoms with Gasteiger partial charge in [-0.25, -0.2) is 9.97 Å². The van der Waals surface area contributed by atoms with Crippen LogP contribution in [-0.2, 0) is 13.0 Å². The van der Waals surface area contributed by atoms with Crippen LogP contribution in [0.2, 0.25) is 0 Å². The minimum absolute atomic E-state index is 0.606. The van der Waals surface area contributed by atoms with Gasteiger partial charge in [-0.3, -0.25) is 0 Å². The first-order valence-electron chi connectivity index (χ1n) is 9.18. The van der Waals surface area contributed by atoms with Gasteiger partial charge in [-0.05, 0) is 61.4 Å². The first kappa shape index (κ1) is 18.3. The summed E-state index contributed by atoms with van der Waals surface area (Å²) in [7, 11) is 0. The van der Waals surface area contributed by atoms with E-state index in [1.165, 1.54) is 15.3 Å². The van der Waals surface area contributed by atoms with Crippen molar-refractivity contribution in [3.05, 3.63) is 76.2 Å². The number of nitrogens with one attached hydrogen (secondary N) is 1. The van der Waals surface area contributed by atoms with Gasteiger partial charge in [-0.15, -0.1) is 11.3 Å². The molecule has 0 saturated heterocycles. The molecular weight excluding hydrogens is 368 g/mol. The number of rotatable bonds is 7. The van der Waals surface area contributed by atoms with Crippen molar-refractivity contribution in [3.8, 4) is 5.75 Å². The highest BCUT2D eigenvalue weighted by molar-refractivity contribution is 7.11. The molecule has 2 aromatic heterocycles. The second kappa shape index (κ2) is 8.27. The number of hydrogen-bond acceptors (Lipinski definition) is 6. The number of aryl methyl sites for hydroxylation is 1. The van der Waals surface area contributed by atoms with E-state index in [1.54, 1.807) is 17.7 Å². The van der Waals surface area contributed by atoms with Crippen molar-refractivity contribution in [1.29, 1.82) is 0 Å². The number of anilines is 2. The lowest BCUT2D eigenvalue weighted by Crippen LogP contribution is -2.07. The Labute approximate surface area is 168 Å². The highest BCUT2D eigenvalue weighted by Crippen LogP contribution is 2.22. The summed E-state index contributed by atoms with van der Waals surface area (Å²) in [6.07, 6.45) is 2.44. The molecule has 0 bridgehead atoms. The summed E-state index contributed by atoms with van der Waals surface area (Å²) in [5, 5.41) is 4.33. The lowest BCUT2D eigenvalue weighted by atomic mass is 10.1. The fraction of sp³-hybridized carbons (Fsp3) is 0.182. The van der Waals surface area contributed by atoms with E-state index in [0.717, 1.165) is 35.4 Å². The molecule has 0 aliphatic carbocycles. The predicted octanol–water partition coefficient (Wildman–Crippen LogP) is 4.82. The molecule has 0 fully saturated rings. The molecule has 4 aromatic rings. The van der Waals surface area contributed by atoms with E-state index < -0.39 is 0 Å². The van der Waals surface area contributed by atoms with Crippen LogP contribution in [-0.4, -0.2) is 16.5 Å². The average molecular weight is 391 g/mol. The van der Waals surface area contributed by atoms with Crippen molar-refractivity contribution in [1.82, 2.24) is 9.97 Å². The van der Waals surface area contributed by atoms with E-state index in [0.29, 0.717) is 12.3 Å². The van der Waals surface area contributed by atoms with Gasteiger partial charge in [0.15, 0.2) is 0 Å². The maximum Gasteiger partial charge on any atom is 0.137 e. The largest absolute Gasteiger partial charge is 0.488 e. The number of nitrogens with zero attached hydrogens (tertiary/aromatic N) is 2. The molecule has 0 aliphatic rings. The van der Waals surface area contributed by atoms with E-state index in [4.69, 9.17) is 10.5 Å². The van der Waals surface area contributed by atoms with E-state index in [1.807, 2.05) is 30.3 Å². The molecule has 2 heterocycles. The molecular formula is C22H22N4OS. The Morgan fingerprint density at radius 1 is 1.07 bits per heavy atom. The highest BCUT2D eigenvalue weighted by atomic mass is 32.1. The molecule has 28 heavy (non-hydrogen) atoms. The number of benzene rings is 2. The summed E-state index contributed by atoms with van der Waals surface area (Å²) >= 11 is 1.77. The van der Waals surface area contributed by atoms with Crippen molar-refractivity contribution in [3.63, 3.8) is 0 Å². The van der Waals surface area contributed by atoms with E-state index in [9.17, 15) is 0 Å². The number of aromatic nitrogens is 2. The van der Waals surface area contributed by atoms with E-state index in [2.05, 4.69) is 46.5 Å². The molecule has 142 valence electrons. The fourth-order valence-corrected chi connectivity index (χ4v) is 3.85. The summed E-state index contributed by atoms with van der Waals surface area (Å²) in [5.74, 6) is 1.70. The molecule has 6 heteroatoms. The number of thiophene rings is 1. The highest BCUT2D eigenvalue weighted by Gasteiger charge is 2.05. The van der Waals surface area contributed by atoms with Crippen molar-refractivity contribution in [2.24, 2.45) is 0 Å². The van der Waals surface area contributed by atoms with Crippen LogP contribution >= 0.6 is 11.3 Å². The molecule has 0 spiro atoms. The second-order valence-corrected chi connectivity index (χ2v) is 8.00. The van der Waals surface area contributed by atoms with Crippen LogP contribution in [0.1, 0.15) is 15.3 Å². The zero-order valence-electron chi connectivity index (χ0n) is 15.7. The van der Waals surface area contributed by atoms with Crippen molar-refractivity contribution < 1.29 is 4.74 Å². The van der Waals surface area contributed by atoms with Gasteiger partial charge in [0.25, 0.3) is 0 Å². The molecule has 5 nitrogen and oxygen atoms in total. The second-order valence-electron chi connectivity index (χ2n) is 6.62. The predicted molar refractivity (Wildman–Crippen MR) is 116 cm³/mol. The zero-order valence-corrected chi connectivity index (χ0v) is 16.5. The van der Waals surface area contributed by atoms with Crippen molar-refractivity contribution >= 4 is 33.7 Å². The van der Waals surface area contributed by atoms with Gasteiger partial charge in [-0.1, -0.05) is 12.1 Å². The van der Waals surface area contributed by atoms with Crippen LogP contribution in [0.25, 0.3) is 10.9 Å². The Morgan fingerprint density at radius 3 is 2.86 bits per heavy atom. The average Bonchev–Trinajstić information content (AvgIpc) is 3.12. The SMILES string of the molecule is Cc1ccc(COc2cccc(CCNc3ncnc4ccc(N)cc34)c2)s1. The Kier molecular flexibility index (Phi) is 5.39. The molecule has 0 unspecified atom stereocenters. The molecule has 3 N–H and O–H groups in total. The third-order valence-corrected chi connectivity index (χ3v) is 5.42. The third-order valence-electron chi connectivity index (χ3n) is 4.44. The van der Waals surface area contributed by atoms with E-state index in [-0.39, 0.29) is 0 Å². The Balaban J connectivity index is 1.37. The quantitative estimate of drug-likeness (QED) is 0.443. The number of nitrogen functional groups attached to an aromatic ring is 1. The van der Waals surface area contributed by atoms with Gasteiger partial charge < -0.3 is 15.8 Å². The smallest absolute Gasteiger partial charge is 0.137 e. The van der Waals surface area contributed by atoms with Crippen LogP contribution in [0, 0.1) is 6.92 Å². The Hall–Kier alpha value is -3.12. The van der Waals surface area contributed by atoms with Gasteiger partial charge in [-0.2, -0.15) is 0 Å². The number of hydrogen-bond donors (Lipinski definition) is 2. The van der Waals surface area contributed by atoms with Gasteiger partial charge in [0.05, 0.1) is 5.52 Å².